The van der Waals surface area contributed by atoms with Gasteiger partial charge in [-0.05, 0) is 36.5 Å². The number of aromatic nitrogens is 2. The van der Waals surface area contributed by atoms with Crippen LogP contribution in [-0.2, 0) is 13.0 Å². The fourth-order valence-corrected chi connectivity index (χ4v) is 2.75. The maximum atomic E-state index is 13.2. The lowest BCUT2D eigenvalue weighted by Crippen LogP contribution is -2.15. The number of fused-ring (bicyclic) bond motifs is 1. The monoisotopic (exact) mass is 244 g/mol. The number of benzene rings is 1. The minimum Gasteiger partial charge on any atom is -0.332 e. The Kier molecular flexibility index (Phi) is 2.90. The van der Waals surface area contributed by atoms with Crippen molar-refractivity contribution in [3.63, 3.8) is 0 Å². The largest absolute Gasteiger partial charge is 0.332 e. The summed E-state index contributed by atoms with van der Waals surface area (Å²) in [7, 11) is 0. The first-order valence-electron chi connectivity index (χ1n) is 6.53. The highest BCUT2D eigenvalue weighted by atomic mass is 19.1. The molecule has 0 amide bonds. The van der Waals surface area contributed by atoms with Gasteiger partial charge in [-0.15, -0.1) is 0 Å². The van der Waals surface area contributed by atoms with Crippen LogP contribution in [-0.4, -0.2) is 9.55 Å². The second-order valence-corrected chi connectivity index (χ2v) is 5.10. The Bertz CT molecular complexity index is 559. The summed E-state index contributed by atoms with van der Waals surface area (Å²) >= 11 is 0. The van der Waals surface area contributed by atoms with E-state index in [-0.39, 0.29) is 5.82 Å². The van der Waals surface area contributed by atoms with Crippen LogP contribution in [0, 0.1) is 5.82 Å². The number of halogens is 1. The third-order valence-electron chi connectivity index (χ3n) is 3.74. The van der Waals surface area contributed by atoms with E-state index in [4.69, 9.17) is 0 Å². The van der Waals surface area contributed by atoms with Gasteiger partial charge in [0.25, 0.3) is 0 Å². The van der Waals surface area contributed by atoms with Crippen LogP contribution in [0.2, 0.25) is 0 Å². The predicted molar refractivity (Wildman–Crippen MR) is 69.1 cm³/mol. The van der Waals surface area contributed by atoms with E-state index in [1.807, 2.05) is 12.3 Å². The molecule has 1 atom stereocenters. The lowest BCUT2D eigenvalue weighted by Gasteiger charge is -2.22. The van der Waals surface area contributed by atoms with Crippen molar-refractivity contribution in [2.45, 2.75) is 38.6 Å². The van der Waals surface area contributed by atoms with Crippen molar-refractivity contribution in [3.8, 4) is 0 Å². The van der Waals surface area contributed by atoms with Crippen molar-refractivity contribution < 1.29 is 4.39 Å². The average Bonchev–Trinajstić information content (AvgIpc) is 2.74. The SMILES string of the molecule is CC1CCCn2c1cnc2Cc1cccc(F)c1. The summed E-state index contributed by atoms with van der Waals surface area (Å²) in [6.07, 6.45) is 5.15. The van der Waals surface area contributed by atoms with E-state index >= 15 is 0 Å². The van der Waals surface area contributed by atoms with Crippen LogP contribution in [0.3, 0.4) is 0 Å². The quantitative estimate of drug-likeness (QED) is 0.790. The van der Waals surface area contributed by atoms with E-state index < -0.39 is 0 Å². The highest BCUT2D eigenvalue weighted by Crippen LogP contribution is 2.28. The summed E-state index contributed by atoms with van der Waals surface area (Å²) in [6, 6.07) is 6.78. The number of hydrogen-bond donors (Lipinski definition) is 0. The molecule has 0 radical (unpaired) electrons. The molecule has 1 aromatic carbocycles. The fourth-order valence-electron chi connectivity index (χ4n) is 2.75. The van der Waals surface area contributed by atoms with Gasteiger partial charge in [-0.3, -0.25) is 0 Å². The van der Waals surface area contributed by atoms with E-state index in [0.717, 1.165) is 17.9 Å². The third-order valence-corrected chi connectivity index (χ3v) is 3.74. The van der Waals surface area contributed by atoms with Crippen molar-refractivity contribution >= 4 is 0 Å². The van der Waals surface area contributed by atoms with Gasteiger partial charge in [-0.25, -0.2) is 9.37 Å². The van der Waals surface area contributed by atoms with Gasteiger partial charge in [-0.2, -0.15) is 0 Å². The standard InChI is InChI=1S/C15H17FN2/c1-11-4-3-7-18-14(11)10-17-15(18)9-12-5-2-6-13(16)8-12/h2,5-6,8,10-11H,3-4,7,9H2,1H3. The summed E-state index contributed by atoms with van der Waals surface area (Å²) in [5.41, 5.74) is 2.31. The molecule has 2 nitrogen and oxygen atoms in total. The Hall–Kier alpha value is -1.64. The molecular formula is C15H17FN2. The number of imidazole rings is 1. The molecule has 2 heterocycles. The minimum atomic E-state index is -0.175. The molecule has 1 aromatic heterocycles. The molecule has 0 bridgehead atoms. The van der Waals surface area contributed by atoms with Gasteiger partial charge in [0.2, 0.25) is 0 Å². The Labute approximate surface area is 106 Å². The smallest absolute Gasteiger partial charge is 0.123 e. The number of nitrogens with zero attached hydrogens (tertiary/aromatic N) is 2. The molecule has 1 unspecified atom stereocenters. The first-order chi connectivity index (χ1) is 8.74. The molecule has 0 saturated heterocycles. The summed E-state index contributed by atoms with van der Waals surface area (Å²) in [5.74, 6) is 1.47. The molecule has 0 N–H and O–H groups in total. The zero-order valence-electron chi connectivity index (χ0n) is 10.6. The van der Waals surface area contributed by atoms with Crippen LogP contribution in [0.25, 0.3) is 0 Å². The second kappa shape index (κ2) is 4.56. The van der Waals surface area contributed by atoms with E-state index in [9.17, 15) is 4.39 Å². The Morgan fingerprint density at radius 1 is 1.44 bits per heavy atom. The molecule has 1 aliphatic heterocycles. The summed E-state index contributed by atoms with van der Waals surface area (Å²) in [5, 5.41) is 0. The summed E-state index contributed by atoms with van der Waals surface area (Å²) < 4.78 is 15.5. The highest BCUT2D eigenvalue weighted by molar-refractivity contribution is 5.22. The molecule has 18 heavy (non-hydrogen) atoms. The van der Waals surface area contributed by atoms with Crippen LogP contribution in [0.4, 0.5) is 4.39 Å². The molecule has 0 saturated carbocycles. The lowest BCUT2D eigenvalue weighted by atomic mass is 9.98. The lowest BCUT2D eigenvalue weighted by molar-refractivity contribution is 0.465. The van der Waals surface area contributed by atoms with E-state index in [2.05, 4.69) is 16.5 Å². The minimum absolute atomic E-state index is 0.175. The average molecular weight is 244 g/mol. The van der Waals surface area contributed by atoms with Crippen LogP contribution in [0.15, 0.2) is 30.5 Å². The number of rotatable bonds is 2. The molecule has 3 rings (SSSR count). The second-order valence-electron chi connectivity index (χ2n) is 5.10. The van der Waals surface area contributed by atoms with Gasteiger partial charge < -0.3 is 4.57 Å². The van der Waals surface area contributed by atoms with Crippen molar-refractivity contribution in [1.82, 2.24) is 9.55 Å². The molecule has 0 spiro atoms. The maximum absolute atomic E-state index is 13.2. The van der Waals surface area contributed by atoms with E-state index in [0.29, 0.717) is 12.3 Å². The molecular weight excluding hydrogens is 227 g/mol. The van der Waals surface area contributed by atoms with Gasteiger partial charge in [0.1, 0.15) is 11.6 Å². The number of hydrogen-bond acceptors (Lipinski definition) is 1. The van der Waals surface area contributed by atoms with E-state index in [1.165, 1.54) is 24.6 Å². The highest BCUT2D eigenvalue weighted by Gasteiger charge is 2.19. The normalized spacial score (nSPS) is 18.7. The van der Waals surface area contributed by atoms with Crippen LogP contribution in [0.1, 0.15) is 42.8 Å². The molecule has 2 aromatic rings. The summed E-state index contributed by atoms with van der Waals surface area (Å²) in [6.45, 7) is 3.29. The van der Waals surface area contributed by atoms with Gasteiger partial charge in [0.05, 0.1) is 0 Å². The van der Waals surface area contributed by atoms with Gasteiger partial charge >= 0.3 is 0 Å². The molecule has 3 heteroatoms. The maximum Gasteiger partial charge on any atom is 0.123 e. The Morgan fingerprint density at radius 3 is 3.17 bits per heavy atom. The first kappa shape index (κ1) is 11.5. The van der Waals surface area contributed by atoms with Crippen molar-refractivity contribution in [1.29, 1.82) is 0 Å². The topological polar surface area (TPSA) is 17.8 Å². The van der Waals surface area contributed by atoms with Crippen molar-refractivity contribution in [2.75, 3.05) is 0 Å². The van der Waals surface area contributed by atoms with Crippen molar-refractivity contribution in [2.24, 2.45) is 0 Å². The molecule has 1 aliphatic rings. The van der Waals surface area contributed by atoms with Gasteiger partial charge in [0.15, 0.2) is 0 Å². The Balaban J connectivity index is 1.90. The van der Waals surface area contributed by atoms with E-state index in [1.54, 1.807) is 12.1 Å². The van der Waals surface area contributed by atoms with Crippen LogP contribution < -0.4 is 0 Å². The fraction of sp³-hybridized carbons (Fsp3) is 0.400. The third kappa shape index (κ3) is 2.05. The van der Waals surface area contributed by atoms with Gasteiger partial charge in [-0.1, -0.05) is 19.1 Å². The predicted octanol–water partition coefficient (Wildman–Crippen LogP) is 3.51. The first-order valence-corrected chi connectivity index (χ1v) is 6.53. The zero-order chi connectivity index (χ0) is 12.5. The van der Waals surface area contributed by atoms with Gasteiger partial charge in [0, 0.05) is 24.9 Å². The van der Waals surface area contributed by atoms with Crippen LogP contribution in [0.5, 0.6) is 0 Å². The van der Waals surface area contributed by atoms with Crippen molar-refractivity contribution in [3.05, 3.63) is 53.4 Å². The molecule has 0 aliphatic carbocycles. The zero-order valence-corrected chi connectivity index (χ0v) is 10.6. The Morgan fingerprint density at radius 2 is 2.33 bits per heavy atom. The molecule has 0 fully saturated rings. The van der Waals surface area contributed by atoms with Crippen LogP contribution >= 0.6 is 0 Å². The molecule has 94 valence electrons. The summed E-state index contributed by atoms with van der Waals surface area (Å²) in [4.78, 5) is 4.51.